The van der Waals surface area contributed by atoms with E-state index in [1.807, 2.05) is 38.1 Å². The lowest BCUT2D eigenvalue weighted by Crippen LogP contribution is -2.27. The Morgan fingerprint density at radius 2 is 1.92 bits per heavy atom. The second kappa shape index (κ2) is 7.66. The van der Waals surface area contributed by atoms with E-state index in [1.165, 1.54) is 29.0 Å². The largest absolute Gasteiger partial charge is 0.468 e. The smallest absolute Gasteiger partial charge is 0.318 e. The Labute approximate surface area is 146 Å². The van der Waals surface area contributed by atoms with Gasteiger partial charge < -0.3 is 4.74 Å². The van der Waals surface area contributed by atoms with E-state index in [-0.39, 0.29) is 11.5 Å². The molecule has 0 fully saturated rings. The van der Waals surface area contributed by atoms with Gasteiger partial charge in [0.25, 0.3) is 5.56 Å². The molecule has 2 rings (SSSR count). The normalized spacial score (nSPS) is 12.0. The van der Waals surface area contributed by atoms with Crippen LogP contribution in [0, 0.1) is 13.8 Å². The summed E-state index contributed by atoms with van der Waals surface area (Å²) < 4.78 is 6.22. The van der Waals surface area contributed by atoms with E-state index in [9.17, 15) is 9.59 Å². The number of hydrogen-bond donors (Lipinski definition) is 0. The number of nitrogens with zero attached hydrogens (tertiary/aromatic N) is 2. The molecule has 0 amide bonds. The number of hydrogen-bond acceptors (Lipinski definition) is 5. The Hall–Kier alpha value is -2.08. The topological polar surface area (TPSA) is 61.2 Å². The van der Waals surface area contributed by atoms with Crippen LogP contribution >= 0.6 is 11.8 Å². The number of thioether (sulfide) groups is 1. The van der Waals surface area contributed by atoms with E-state index in [4.69, 9.17) is 4.74 Å². The van der Waals surface area contributed by atoms with Crippen molar-refractivity contribution in [1.29, 1.82) is 0 Å². The summed E-state index contributed by atoms with van der Waals surface area (Å²) in [7, 11) is 3.03. The molecule has 0 aliphatic carbocycles. The van der Waals surface area contributed by atoms with Crippen molar-refractivity contribution in [3.05, 3.63) is 57.0 Å². The number of carbonyl (C=O) groups excluding carboxylic acids is 1. The van der Waals surface area contributed by atoms with Gasteiger partial charge in [0.1, 0.15) is 5.25 Å². The zero-order chi connectivity index (χ0) is 17.9. The average Bonchev–Trinajstić information content (AvgIpc) is 2.57. The van der Waals surface area contributed by atoms with Crippen molar-refractivity contribution in [1.82, 2.24) is 9.55 Å². The first kappa shape index (κ1) is 18.3. The standard InChI is InChI=1S/C18H22N2O3S/c1-11-6-8-14(9-7-11)10-15-12(2)19-18(20(4)16(15)21)24-13(3)17(22)23-5/h6-9,13H,10H2,1-5H3. The van der Waals surface area contributed by atoms with E-state index in [1.54, 1.807) is 14.0 Å². The first-order valence-electron chi connectivity index (χ1n) is 7.70. The fraction of sp³-hybridized carbons (Fsp3) is 0.389. The van der Waals surface area contributed by atoms with Gasteiger partial charge in [-0.25, -0.2) is 4.98 Å². The van der Waals surface area contributed by atoms with Gasteiger partial charge >= 0.3 is 5.97 Å². The lowest BCUT2D eigenvalue weighted by molar-refractivity contribution is -0.139. The number of rotatable bonds is 5. The van der Waals surface area contributed by atoms with Gasteiger partial charge in [0, 0.05) is 24.7 Å². The average molecular weight is 346 g/mol. The summed E-state index contributed by atoms with van der Waals surface area (Å²) in [5.41, 5.74) is 3.55. The third-order valence-corrected chi connectivity index (χ3v) is 4.99. The zero-order valence-corrected chi connectivity index (χ0v) is 15.4. The lowest BCUT2D eigenvalue weighted by atomic mass is 10.0. The van der Waals surface area contributed by atoms with Crippen molar-refractivity contribution in [2.45, 2.75) is 37.6 Å². The summed E-state index contributed by atoms with van der Waals surface area (Å²) in [6.45, 7) is 5.60. The van der Waals surface area contributed by atoms with E-state index in [0.717, 1.165) is 5.56 Å². The third kappa shape index (κ3) is 4.06. The molecule has 0 aliphatic heterocycles. The summed E-state index contributed by atoms with van der Waals surface area (Å²) in [6, 6.07) is 8.11. The molecule has 5 nitrogen and oxygen atoms in total. The molecular weight excluding hydrogens is 324 g/mol. The second-order valence-electron chi connectivity index (χ2n) is 5.77. The molecule has 1 aromatic heterocycles. The molecule has 0 aliphatic rings. The number of methoxy groups -OCH3 is 1. The van der Waals surface area contributed by atoms with Crippen molar-refractivity contribution < 1.29 is 9.53 Å². The summed E-state index contributed by atoms with van der Waals surface area (Å²) in [6.07, 6.45) is 0.545. The van der Waals surface area contributed by atoms with Crippen molar-refractivity contribution >= 4 is 17.7 Å². The van der Waals surface area contributed by atoms with E-state index < -0.39 is 5.25 Å². The Bertz CT molecular complexity index is 797. The predicted octanol–water partition coefficient (Wildman–Crippen LogP) is 2.64. The summed E-state index contributed by atoms with van der Waals surface area (Å²) in [5.74, 6) is -0.337. The first-order valence-corrected chi connectivity index (χ1v) is 8.58. The van der Waals surface area contributed by atoms with Gasteiger partial charge in [-0.2, -0.15) is 0 Å². The van der Waals surface area contributed by atoms with Gasteiger partial charge in [0.15, 0.2) is 5.16 Å². The van der Waals surface area contributed by atoms with E-state index in [2.05, 4.69) is 4.98 Å². The molecule has 1 atom stereocenters. The van der Waals surface area contributed by atoms with Gasteiger partial charge in [-0.05, 0) is 26.3 Å². The summed E-state index contributed by atoms with van der Waals surface area (Å²) in [4.78, 5) is 28.8. The van der Waals surface area contributed by atoms with Crippen LogP contribution in [0.5, 0.6) is 0 Å². The Balaban J connectivity index is 2.32. The Kier molecular flexibility index (Phi) is 5.83. The zero-order valence-electron chi connectivity index (χ0n) is 14.6. The van der Waals surface area contributed by atoms with Crippen LogP contribution in [0.3, 0.4) is 0 Å². The number of aryl methyl sites for hydroxylation is 2. The first-order chi connectivity index (χ1) is 11.3. The highest BCUT2D eigenvalue weighted by Gasteiger charge is 2.19. The number of carbonyl (C=O) groups is 1. The van der Waals surface area contributed by atoms with Gasteiger partial charge in [-0.15, -0.1) is 0 Å². The van der Waals surface area contributed by atoms with Gasteiger partial charge in [-0.3, -0.25) is 14.2 Å². The molecule has 1 unspecified atom stereocenters. The van der Waals surface area contributed by atoms with Crippen molar-refractivity contribution in [3.63, 3.8) is 0 Å². The summed E-state index contributed by atoms with van der Waals surface area (Å²) in [5, 5.41) is 0.0958. The molecule has 24 heavy (non-hydrogen) atoms. The van der Waals surface area contributed by atoms with Gasteiger partial charge in [0.05, 0.1) is 7.11 Å². The van der Waals surface area contributed by atoms with Crippen LogP contribution in [0.4, 0.5) is 0 Å². The van der Waals surface area contributed by atoms with Gasteiger partial charge in [0.2, 0.25) is 0 Å². The lowest BCUT2D eigenvalue weighted by Gasteiger charge is -2.14. The fourth-order valence-electron chi connectivity index (χ4n) is 2.32. The molecule has 0 spiro atoms. The molecule has 2 aromatic rings. The van der Waals surface area contributed by atoms with Crippen LogP contribution in [0.15, 0.2) is 34.2 Å². The van der Waals surface area contributed by atoms with Crippen molar-refractivity contribution in [2.24, 2.45) is 7.05 Å². The SMILES string of the molecule is COC(=O)C(C)Sc1nc(C)c(Cc2ccc(C)cc2)c(=O)n1C. The molecular formula is C18H22N2O3S. The van der Waals surface area contributed by atoms with Crippen molar-refractivity contribution in [2.75, 3.05) is 7.11 Å². The minimum absolute atomic E-state index is 0.0809. The maximum Gasteiger partial charge on any atom is 0.318 e. The maximum absolute atomic E-state index is 12.7. The van der Waals surface area contributed by atoms with Crippen LogP contribution in [0.1, 0.15) is 29.3 Å². The van der Waals surface area contributed by atoms with Gasteiger partial charge in [-0.1, -0.05) is 41.6 Å². The second-order valence-corrected chi connectivity index (χ2v) is 7.08. The molecule has 0 saturated heterocycles. The number of esters is 1. The Morgan fingerprint density at radius 1 is 1.29 bits per heavy atom. The number of aromatic nitrogens is 2. The highest BCUT2D eigenvalue weighted by molar-refractivity contribution is 8.00. The Morgan fingerprint density at radius 3 is 2.50 bits per heavy atom. The summed E-state index contributed by atoms with van der Waals surface area (Å²) >= 11 is 1.23. The molecule has 6 heteroatoms. The minimum atomic E-state index is -0.421. The van der Waals surface area contributed by atoms with Crippen LogP contribution in [-0.2, 0) is 23.0 Å². The molecule has 1 heterocycles. The minimum Gasteiger partial charge on any atom is -0.468 e. The van der Waals surface area contributed by atoms with Crippen molar-refractivity contribution in [3.8, 4) is 0 Å². The molecule has 0 bridgehead atoms. The van der Waals surface area contributed by atoms with E-state index in [0.29, 0.717) is 22.8 Å². The quantitative estimate of drug-likeness (QED) is 0.473. The molecule has 0 radical (unpaired) electrons. The third-order valence-electron chi connectivity index (χ3n) is 3.87. The van der Waals surface area contributed by atoms with E-state index >= 15 is 0 Å². The molecule has 128 valence electrons. The van der Waals surface area contributed by atoms with Crippen LogP contribution in [0.2, 0.25) is 0 Å². The van der Waals surface area contributed by atoms with Crippen LogP contribution < -0.4 is 5.56 Å². The highest BCUT2D eigenvalue weighted by atomic mass is 32.2. The predicted molar refractivity (Wildman–Crippen MR) is 95.5 cm³/mol. The number of benzene rings is 1. The highest BCUT2D eigenvalue weighted by Crippen LogP contribution is 2.22. The molecule has 0 N–H and O–H groups in total. The monoisotopic (exact) mass is 346 g/mol. The fourth-order valence-corrected chi connectivity index (χ4v) is 3.26. The molecule has 1 aromatic carbocycles. The molecule has 0 saturated carbocycles. The van der Waals surface area contributed by atoms with Crippen LogP contribution in [0.25, 0.3) is 0 Å². The number of ether oxygens (including phenoxy) is 1. The maximum atomic E-state index is 12.7. The van der Waals surface area contributed by atoms with Crippen LogP contribution in [-0.4, -0.2) is 27.9 Å².